The van der Waals surface area contributed by atoms with E-state index in [0.29, 0.717) is 16.6 Å². The maximum Gasteiger partial charge on any atom is 0.416 e. The molecule has 1 amide bonds. The van der Waals surface area contributed by atoms with Gasteiger partial charge < -0.3 is 10.2 Å². The second-order valence-electron chi connectivity index (χ2n) is 6.51. The molecule has 0 spiro atoms. The van der Waals surface area contributed by atoms with Gasteiger partial charge in [-0.05, 0) is 47.9 Å². The number of tetrazole rings is 1. The Balaban J connectivity index is 1.70. The Morgan fingerprint density at radius 1 is 1.25 bits per heavy atom. The van der Waals surface area contributed by atoms with Crippen molar-refractivity contribution in [2.75, 3.05) is 29.1 Å². The third-order valence-corrected chi connectivity index (χ3v) is 5.45. The highest BCUT2D eigenvalue weighted by atomic mass is 32.2. The SMILES string of the molecule is Cn1nnnc1SCCC(=O)Nc1cc(C(F)(F)F)ccc1N1CCCCC1. The number of piperidine rings is 1. The lowest BCUT2D eigenvalue weighted by Gasteiger charge is -2.31. The average Bonchev–Trinajstić information content (AvgIpc) is 3.06. The zero-order chi connectivity index (χ0) is 20.1. The van der Waals surface area contributed by atoms with Gasteiger partial charge in [-0.2, -0.15) is 13.2 Å². The Bertz CT molecular complexity index is 819. The molecule has 0 atom stereocenters. The van der Waals surface area contributed by atoms with E-state index in [2.05, 4.69) is 20.8 Å². The van der Waals surface area contributed by atoms with E-state index in [4.69, 9.17) is 0 Å². The van der Waals surface area contributed by atoms with Gasteiger partial charge in [-0.3, -0.25) is 4.79 Å². The highest BCUT2D eigenvalue weighted by molar-refractivity contribution is 7.99. The Morgan fingerprint density at radius 3 is 2.64 bits per heavy atom. The summed E-state index contributed by atoms with van der Waals surface area (Å²) < 4.78 is 40.9. The van der Waals surface area contributed by atoms with Crippen molar-refractivity contribution in [1.82, 2.24) is 20.2 Å². The normalized spacial score (nSPS) is 14.9. The molecule has 1 aromatic carbocycles. The number of carbonyl (C=O) groups excluding carboxylic acids is 1. The Morgan fingerprint density at radius 2 is 2.00 bits per heavy atom. The molecular formula is C17H21F3N6OS. The van der Waals surface area contributed by atoms with Crippen LogP contribution in [0.15, 0.2) is 23.4 Å². The number of amides is 1. The minimum Gasteiger partial charge on any atom is -0.370 e. The summed E-state index contributed by atoms with van der Waals surface area (Å²) in [5.74, 6) is 0.0677. The number of hydrogen-bond acceptors (Lipinski definition) is 6. The fourth-order valence-corrected chi connectivity index (χ4v) is 3.80. The molecule has 11 heteroatoms. The lowest BCUT2D eigenvalue weighted by molar-refractivity contribution is -0.137. The maximum atomic E-state index is 13.1. The van der Waals surface area contributed by atoms with E-state index < -0.39 is 11.7 Å². The van der Waals surface area contributed by atoms with Gasteiger partial charge in [0.25, 0.3) is 0 Å². The van der Waals surface area contributed by atoms with Crippen molar-refractivity contribution in [2.45, 2.75) is 37.0 Å². The Kier molecular flexibility index (Phi) is 6.42. The molecule has 0 radical (unpaired) electrons. The number of halogens is 3. The van der Waals surface area contributed by atoms with Crippen LogP contribution < -0.4 is 10.2 Å². The van der Waals surface area contributed by atoms with Gasteiger partial charge in [0.15, 0.2) is 0 Å². The number of rotatable bonds is 6. The van der Waals surface area contributed by atoms with Crippen molar-refractivity contribution in [3.05, 3.63) is 23.8 Å². The fourth-order valence-electron chi connectivity index (χ4n) is 3.01. The first-order valence-electron chi connectivity index (χ1n) is 8.96. The first-order chi connectivity index (χ1) is 13.3. The molecule has 0 unspecified atom stereocenters. The summed E-state index contributed by atoms with van der Waals surface area (Å²) in [6.45, 7) is 1.53. The van der Waals surface area contributed by atoms with Gasteiger partial charge in [-0.1, -0.05) is 11.8 Å². The summed E-state index contributed by atoms with van der Waals surface area (Å²) >= 11 is 1.31. The lowest BCUT2D eigenvalue weighted by atomic mass is 10.1. The smallest absolute Gasteiger partial charge is 0.370 e. The monoisotopic (exact) mass is 414 g/mol. The molecule has 2 heterocycles. The molecule has 1 aliphatic rings. The van der Waals surface area contributed by atoms with Crippen molar-refractivity contribution >= 4 is 29.0 Å². The number of carbonyl (C=O) groups is 1. The predicted molar refractivity (Wildman–Crippen MR) is 100 cm³/mol. The standard InChI is InChI=1S/C17H21F3N6OS/c1-25-16(22-23-24-25)28-10-7-15(27)21-13-11-12(17(18,19)20)5-6-14(13)26-8-3-2-4-9-26/h5-6,11H,2-4,7-10H2,1H3,(H,21,27). The average molecular weight is 414 g/mol. The van der Waals surface area contributed by atoms with E-state index in [0.717, 1.165) is 44.5 Å². The second kappa shape index (κ2) is 8.80. The van der Waals surface area contributed by atoms with Gasteiger partial charge >= 0.3 is 6.18 Å². The number of anilines is 2. The van der Waals surface area contributed by atoms with Gasteiger partial charge in [0, 0.05) is 32.3 Å². The third-order valence-electron chi connectivity index (χ3n) is 4.44. The van der Waals surface area contributed by atoms with Gasteiger partial charge in [0.2, 0.25) is 11.1 Å². The van der Waals surface area contributed by atoms with E-state index in [-0.39, 0.29) is 18.0 Å². The molecule has 2 aromatic rings. The minimum absolute atomic E-state index is 0.132. The van der Waals surface area contributed by atoms with Crippen molar-refractivity contribution in [3.8, 4) is 0 Å². The molecule has 1 fully saturated rings. The molecular weight excluding hydrogens is 393 g/mol. The highest BCUT2D eigenvalue weighted by Crippen LogP contribution is 2.36. The van der Waals surface area contributed by atoms with Crippen LogP contribution in [0.5, 0.6) is 0 Å². The molecule has 1 aliphatic heterocycles. The lowest BCUT2D eigenvalue weighted by Crippen LogP contribution is -2.30. The van der Waals surface area contributed by atoms with Crippen molar-refractivity contribution in [1.29, 1.82) is 0 Å². The van der Waals surface area contributed by atoms with Crippen LogP contribution in [0, 0.1) is 0 Å². The Hall–Kier alpha value is -2.30. The molecule has 0 saturated carbocycles. The fraction of sp³-hybridized carbons (Fsp3) is 0.529. The molecule has 1 aromatic heterocycles. The van der Waals surface area contributed by atoms with Gasteiger partial charge in [-0.25, -0.2) is 4.68 Å². The summed E-state index contributed by atoms with van der Waals surface area (Å²) in [4.78, 5) is 14.4. The number of nitrogens with zero attached hydrogens (tertiary/aromatic N) is 5. The first-order valence-corrected chi connectivity index (χ1v) is 9.94. The zero-order valence-corrected chi connectivity index (χ0v) is 16.2. The summed E-state index contributed by atoms with van der Waals surface area (Å²) in [5.41, 5.74) is 0.0568. The molecule has 1 N–H and O–H groups in total. The van der Waals surface area contributed by atoms with Gasteiger partial charge in [-0.15, -0.1) is 5.10 Å². The van der Waals surface area contributed by atoms with Crippen LogP contribution in [0.4, 0.5) is 24.5 Å². The van der Waals surface area contributed by atoms with Gasteiger partial charge in [0.1, 0.15) is 0 Å². The van der Waals surface area contributed by atoms with Crippen LogP contribution in [0.1, 0.15) is 31.2 Å². The van der Waals surface area contributed by atoms with Crippen molar-refractivity contribution in [2.24, 2.45) is 7.05 Å². The van der Waals surface area contributed by atoms with Crippen LogP contribution in [0.25, 0.3) is 0 Å². The van der Waals surface area contributed by atoms with E-state index in [1.54, 1.807) is 7.05 Å². The number of thioether (sulfide) groups is 1. The number of aryl methyl sites for hydroxylation is 1. The minimum atomic E-state index is -4.46. The van der Waals surface area contributed by atoms with Crippen molar-refractivity contribution in [3.63, 3.8) is 0 Å². The number of alkyl halides is 3. The zero-order valence-electron chi connectivity index (χ0n) is 15.4. The van der Waals surface area contributed by atoms with E-state index >= 15 is 0 Å². The molecule has 0 bridgehead atoms. The van der Waals surface area contributed by atoms with Crippen molar-refractivity contribution < 1.29 is 18.0 Å². The molecule has 152 valence electrons. The summed E-state index contributed by atoms with van der Waals surface area (Å²) in [7, 11) is 1.69. The summed E-state index contributed by atoms with van der Waals surface area (Å²) in [6.07, 6.45) is -1.26. The van der Waals surface area contributed by atoms with Crippen LogP contribution >= 0.6 is 11.8 Å². The van der Waals surface area contributed by atoms with E-state index in [1.807, 2.05) is 4.90 Å². The van der Waals surface area contributed by atoms with Gasteiger partial charge in [0.05, 0.1) is 16.9 Å². The highest BCUT2D eigenvalue weighted by Gasteiger charge is 2.31. The predicted octanol–water partition coefficient (Wildman–Crippen LogP) is 3.34. The molecule has 28 heavy (non-hydrogen) atoms. The number of benzene rings is 1. The van der Waals surface area contributed by atoms with Crippen LogP contribution in [0.3, 0.4) is 0 Å². The maximum absolute atomic E-state index is 13.1. The van der Waals surface area contributed by atoms with E-state index in [9.17, 15) is 18.0 Å². The Labute approximate surface area is 164 Å². The van der Waals surface area contributed by atoms with Crippen LogP contribution in [0.2, 0.25) is 0 Å². The van der Waals surface area contributed by atoms with Crippen LogP contribution in [-0.4, -0.2) is 45.0 Å². The van der Waals surface area contributed by atoms with E-state index in [1.165, 1.54) is 22.5 Å². The number of hydrogen-bond donors (Lipinski definition) is 1. The third kappa shape index (κ3) is 5.15. The quantitative estimate of drug-likeness (QED) is 0.731. The largest absolute Gasteiger partial charge is 0.416 e. The summed E-state index contributed by atoms with van der Waals surface area (Å²) in [6, 6.07) is 3.53. The number of nitrogens with one attached hydrogen (secondary N) is 1. The molecule has 1 saturated heterocycles. The summed E-state index contributed by atoms with van der Waals surface area (Å²) in [5, 5.41) is 14.3. The van der Waals surface area contributed by atoms with Crippen LogP contribution in [-0.2, 0) is 18.0 Å². The first kappa shape index (κ1) is 20.4. The number of aromatic nitrogens is 4. The molecule has 7 nitrogen and oxygen atoms in total. The second-order valence-corrected chi connectivity index (χ2v) is 7.57. The molecule has 0 aliphatic carbocycles. The topological polar surface area (TPSA) is 75.9 Å². The molecule has 3 rings (SSSR count).